The molecule has 0 bridgehead atoms. The van der Waals surface area contributed by atoms with Gasteiger partial charge in [-0.25, -0.2) is 0 Å². The van der Waals surface area contributed by atoms with Crippen LogP contribution in [0.1, 0.15) is 40.6 Å². The molecule has 4 aromatic rings. The summed E-state index contributed by atoms with van der Waals surface area (Å²) in [5.74, 6) is 1.27. The van der Waals surface area contributed by atoms with Crippen LogP contribution < -0.4 is 14.2 Å². The number of nitrogens with zero attached hydrogens (tertiary/aromatic N) is 1. The second-order valence-electron chi connectivity index (χ2n) is 10.3. The quantitative estimate of drug-likeness (QED) is 0.127. The van der Waals surface area contributed by atoms with Crippen molar-refractivity contribution in [2.75, 3.05) is 12.4 Å². The SMILES string of the molecule is COc1cc(C=Nc2ccc([C@@H]3Nc4ccccc4[C@@H]4C=CC[C@@H]43)cc2)cc(Br)c1OS(=O)(=O)c1ccc(C)cc1. The number of aryl methyl sites for hydroxylation is 1. The molecule has 2 aliphatic rings. The third-order valence-electron chi connectivity index (χ3n) is 7.64. The highest BCUT2D eigenvalue weighted by atomic mass is 79.9. The number of ether oxygens (including phenoxy) is 1. The molecule has 4 aromatic carbocycles. The van der Waals surface area contributed by atoms with Crippen molar-refractivity contribution >= 4 is 43.6 Å². The van der Waals surface area contributed by atoms with Crippen molar-refractivity contribution in [1.82, 2.24) is 0 Å². The van der Waals surface area contributed by atoms with Crippen molar-refractivity contribution in [2.45, 2.75) is 30.2 Å². The molecule has 6 rings (SSSR count). The average Bonchev–Trinajstić information content (AvgIpc) is 3.48. The topological polar surface area (TPSA) is 77.0 Å². The molecule has 0 amide bonds. The molecular formula is C33H29BrN2O4S. The Labute approximate surface area is 249 Å². The molecule has 0 saturated heterocycles. The van der Waals surface area contributed by atoms with Crippen LogP contribution in [0, 0.1) is 12.8 Å². The van der Waals surface area contributed by atoms with Gasteiger partial charge in [0.05, 0.1) is 23.3 Å². The minimum Gasteiger partial charge on any atom is -0.493 e. The van der Waals surface area contributed by atoms with E-state index in [0.717, 1.165) is 23.2 Å². The largest absolute Gasteiger partial charge is 0.493 e. The van der Waals surface area contributed by atoms with E-state index in [2.05, 4.69) is 74.8 Å². The Morgan fingerprint density at radius 3 is 2.51 bits per heavy atom. The van der Waals surface area contributed by atoms with Crippen molar-refractivity contribution in [2.24, 2.45) is 10.9 Å². The van der Waals surface area contributed by atoms with Gasteiger partial charge in [0, 0.05) is 17.8 Å². The lowest BCUT2D eigenvalue weighted by Gasteiger charge is -2.37. The first-order chi connectivity index (χ1) is 19.8. The Morgan fingerprint density at radius 1 is 1.00 bits per heavy atom. The summed E-state index contributed by atoms with van der Waals surface area (Å²) in [7, 11) is -2.57. The van der Waals surface area contributed by atoms with Crippen molar-refractivity contribution in [3.63, 3.8) is 0 Å². The molecule has 208 valence electrons. The Kier molecular flexibility index (Phi) is 7.45. The number of hydrogen-bond acceptors (Lipinski definition) is 6. The van der Waals surface area contributed by atoms with E-state index in [1.165, 1.54) is 36.1 Å². The maximum Gasteiger partial charge on any atom is 0.339 e. The number of aliphatic imine (C=N–C) groups is 1. The van der Waals surface area contributed by atoms with Gasteiger partial charge in [0.15, 0.2) is 11.5 Å². The molecule has 1 aliphatic carbocycles. The molecule has 6 nitrogen and oxygen atoms in total. The fourth-order valence-electron chi connectivity index (χ4n) is 5.55. The first-order valence-corrected chi connectivity index (χ1v) is 15.6. The third-order valence-corrected chi connectivity index (χ3v) is 9.47. The van der Waals surface area contributed by atoms with Gasteiger partial charge >= 0.3 is 10.1 Å². The Morgan fingerprint density at radius 2 is 1.76 bits per heavy atom. The zero-order valence-corrected chi connectivity index (χ0v) is 25.0. The number of nitrogens with one attached hydrogen (secondary N) is 1. The molecule has 0 fully saturated rings. The lowest BCUT2D eigenvalue weighted by atomic mass is 9.77. The zero-order chi connectivity index (χ0) is 28.6. The van der Waals surface area contributed by atoms with E-state index in [-0.39, 0.29) is 22.4 Å². The summed E-state index contributed by atoms with van der Waals surface area (Å²) in [6.07, 6.45) is 7.41. The molecule has 0 radical (unpaired) electrons. The lowest BCUT2D eigenvalue weighted by molar-refractivity contribution is 0.389. The lowest BCUT2D eigenvalue weighted by Crippen LogP contribution is -2.28. The zero-order valence-electron chi connectivity index (χ0n) is 22.6. The van der Waals surface area contributed by atoms with E-state index >= 15 is 0 Å². The molecule has 1 heterocycles. The minimum atomic E-state index is -4.04. The molecule has 1 N–H and O–H groups in total. The highest BCUT2D eigenvalue weighted by molar-refractivity contribution is 9.10. The summed E-state index contributed by atoms with van der Waals surface area (Å²) >= 11 is 3.45. The Balaban J connectivity index is 1.20. The highest BCUT2D eigenvalue weighted by Crippen LogP contribution is 2.49. The number of halogens is 1. The van der Waals surface area contributed by atoms with Crippen LogP contribution in [0.4, 0.5) is 11.4 Å². The Bertz CT molecular complexity index is 1750. The van der Waals surface area contributed by atoms with Gasteiger partial charge in [-0.2, -0.15) is 8.42 Å². The maximum atomic E-state index is 12.9. The summed E-state index contributed by atoms with van der Waals surface area (Å²) in [4.78, 5) is 4.72. The fourth-order valence-corrected chi connectivity index (χ4v) is 7.15. The van der Waals surface area contributed by atoms with Gasteiger partial charge in [-0.15, -0.1) is 0 Å². The van der Waals surface area contributed by atoms with Crippen molar-refractivity contribution < 1.29 is 17.3 Å². The van der Waals surface area contributed by atoms with Crippen molar-refractivity contribution in [3.8, 4) is 11.5 Å². The van der Waals surface area contributed by atoms with Gasteiger partial charge in [0.2, 0.25) is 0 Å². The summed E-state index contributed by atoms with van der Waals surface area (Å²) < 4.78 is 37.1. The summed E-state index contributed by atoms with van der Waals surface area (Å²) in [6.45, 7) is 1.89. The maximum absolute atomic E-state index is 12.9. The van der Waals surface area contributed by atoms with Crippen LogP contribution in [0.3, 0.4) is 0 Å². The normalized spacial score (nSPS) is 19.4. The molecule has 1 aliphatic heterocycles. The summed E-state index contributed by atoms with van der Waals surface area (Å²) in [5, 5.41) is 3.76. The number of allylic oxidation sites excluding steroid dienone is 2. The van der Waals surface area contributed by atoms with Crippen LogP contribution >= 0.6 is 15.9 Å². The van der Waals surface area contributed by atoms with Crippen molar-refractivity contribution in [1.29, 1.82) is 0 Å². The van der Waals surface area contributed by atoms with E-state index < -0.39 is 10.1 Å². The van der Waals surface area contributed by atoms with E-state index in [1.54, 1.807) is 30.5 Å². The minimum absolute atomic E-state index is 0.0680. The van der Waals surface area contributed by atoms with Crippen LogP contribution in [-0.2, 0) is 10.1 Å². The third kappa shape index (κ3) is 5.54. The van der Waals surface area contributed by atoms with Crippen LogP contribution in [0.2, 0.25) is 0 Å². The number of benzene rings is 4. The molecular weight excluding hydrogens is 600 g/mol. The van der Waals surface area contributed by atoms with Crippen molar-refractivity contribution in [3.05, 3.63) is 124 Å². The van der Waals surface area contributed by atoms with E-state index in [9.17, 15) is 8.42 Å². The highest BCUT2D eigenvalue weighted by Gasteiger charge is 2.37. The first kappa shape index (κ1) is 27.3. The number of methoxy groups -OCH3 is 1. The van der Waals surface area contributed by atoms with Crippen LogP contribution in [0.25, 0.3) is 0 Å². The molecule has 0 aromatic heterocycles. The number of anilines is 1. The summed E-state index contributed by atoms with van der Waals surface area (Å²) in [5.41, 5.74) is 6.29. The second kappa shape index (κ2) is 11.2. The number of fused-ring (bicyclic) bond motifs is 3. The predicted octanol–water partition coefficient (Wildman–Crippen LogP) is 8.11. The number of hydrogen-bond donors (Lipinski definition) is 1. The van der Waals surface area contributed by atoms with Crippen LogP contribution in [0.5, 0.6) is 11.5 Å². The van der Waals surface area contributed by atoms with Gasteiger partial charge in [-0.05, 0) is 94.3 Å². The molecule has 41 heavy (non-hydrogen) atoms. The molecule has 0 spiro atoms. The van der Waals surface area contributed by atoms with Gasteiger partial charge in [-0.3, -0.25) is 4.99 Å². The number of para-hydroxylation sites is 1. The second-order valence-corrected chi connectivity index (χ2v) is 12.7. The molecule has 8 heteroatoms. The van der Waals surface area contributed by atoms with Gasteiger partial charge in [-0.1, -0.05) is 60.2 Å². The smallest absolute Gasteiger partial charge is 0.339 e. The van der Waals surface area contributed by atoms with E-state index in [0.29, 0.717) is 16.3 Å². The number of rotatable bonds is 7. The standard InChI is InChI=1S/C33H29BrN2O4S/c1-21-10-16-25(17-11-21)41(37,38)40-33-29(34)18-22(19-31(33)39-2)20-35-24-14-12-23(13-15-24)32-28-8-5-7-26(28)27-6-3-4-9-30(27)36-32/h3-7,9-20,26,28,32,36H,8H2,1-2H3/t26-,28-,32-/m0/s1. The predicted molar refractivity (Wildman–Crippen MR) is 166 cm³/mol. The van der Waals surface area contributed by atoms with E-state index in [1.807, 2.05) is 19.1 Å². The average molecular weight is 630 g/mol. The molecule has 3 atom stereocenters. The molecule has 0 saturated carbocycles. The van der Waals surface area contributed by atoms with Gasteiger partial charge in [0.25, 0.3) is 0 Å². The van der Waals surface area contributed by atoms with Gasteiger partial charge in [0.1, 0.15) is 4.90 Å². The van der Waals surface area contributed by atoms with Crippen LogP contribution in [-0.4, -0.2) is 21.7 Å². The monoisotopic (exact) mass is 628 g/mol. The van der Waals surface area contributed by atoms with Crippen LogP contribution in [0.15, 0.2) is 111 Å². The van der Waals surface area contributed by atoms with E-state index in [4.69, 9.17) is 8.92 Å². The van der Waals surface area contributed by atoms with Gasteiger partial charge < -0.3 is 14.2 Å². The fraction of sp³-hybridized carbons (Fsp3) is 0.182. The first-order valence-electron chi connectivity index (χ1n) is 13.4. The molecule has 0 unspecified atom stereocenters. The Hall–Kier alpha value is -3.88. The summed E-state index contributed by atoms with van der Waals surface area (Å²) in [6, 6.07) is 27.0.